The monoisotopic (exact) mass is 300 g/mol. The summed E-state index contributed by atoms with van der Waals surface area (Å²) in [5.41, 5.74) is 1.89. The van der Waals surface area contributed by atoms with Crippen LogP contribution in [0.1, 0.15) is 26.1 Å². The topological polar surface area (TPSA) is 38.0 Å². The van der Waals surface area contributed by atoms with Crippen LogP contribution in [0, 0.1) is 0 Å². The van der Waals surface area contributed by atoms with E-state index in [1.165, 1.54) is 0 Å². The van der Waals surface area contributed by atoms with E-state index in [0.29, 0.717) is 10.8 Å². The maximum atomic E-state index is 9.32. The van der Waals surface area contributed by atoms with Crippen molar-refractivity contribution in [3.63, 3.8) is 0 Å². The first-order valence-corrected chi connectivity index (χ1v) is 8.28. The highest BCUT2D eigenvalue weighted by Gasteiger charge is 2.09. The number of aromatic nitrogens is 2. The second-order valence-corrected chi connectivity index (χ2v) is 5.24. The number of halogens is 1. The number of aryl methyl sites for hydroxylation is 1. The van der Waals surface area contributed by atoms with Gasteiger partial charge in [-0.1, -0.05) is 25.4 Å². The van der Waals surface area contributed by atoms with E-state index in [9.17, 15) is 5.11 Å². The summed E-state index contributed by atoms with van der Waals surface area (Å²) in [5, 5.41) is 10.0. The maximum Gasteiger partial charge on any atom is 0.135 e. The Morgan fingerprint density at radius 3 is 2.74 bits per heavy atom. The minimum absolute atomic E-state index is 0.0361. The lowest BCUT2D eigenvalue weighted by Gasteiger charge is -2.06. The first-order valence-electron chi connectivity index (χ1n) is 6.50. The Morgan fingerprint density at radius 2 is 2.11 bits per heavy atom. The summed E-state index contributed by atoms with van der Waals surface area (Å²) in [7, 11) is 0. The van der Waals surface area contributed by atoms with Gasteiger partial charge in [0.1, 0.15) is 12.4 Å². The van der Waals surface area contributed by atoms with E-state index in [4.69, 9.17) is 11.6 Å². The molecule has 1 N–H and O–H groups in total. The molecule has 1 heterocycles. The third-order valence-electron chi connectivity index (χ3n) is 2.66. The van der Waals surface area contributed by atoms with Crippen molar-refractivity contribution in [3.05, 3.63) is 29.0 Å². The summed E-state index contributed by atoms with van der Waals surface area (Å²) in [4.78, 5) is 4.39. The number of fused-ring (bicyclic) bond motifs is 1. The van der Waals surface area contributed by atoms with Gasteiger partial charge in [0.25, 0.3) is 0 Å². The molecular formula is C14H21ClN2OS. The van der Waals surface area contributed by atoms with E-state index in [-0.39, 0.29) is 6.61 Å². The summed E-state index contributed by atoms with van der Waals surface area (Å²) < 4.78 is 2.07. The van der Waals surface area contributed by atoms with Crippen LogP contribution in [0.25, 0.3) is 11.0 Å². The van der Waals surface area contributed by atoms with E-state index in [1.807, 2.05) is 43.8 Å². The second kappa shape index (κ2) is 8.46. The minimum Gasteiger partial charge on any atom is -0.388 e. The summed E-state index contributed by atoms with van der Waals surface area (Å²) >= 11 is 7.76. The molecule has 0 fully saturated rings. The van der Waals surface area contributed by atoms with Crippen molar-refractivity contribution in [1.82, 2.24) is 9.55 Å². The minimum atomic E-state index is -0.0361. The van der Waals surface area contributed by atoms with Crippen molar-refractivity contribution in [2.24, 2.45) is 0 Å². The fourth-order valence-electron chi connectivity index (χ4n) is 1.89. The van der Waals surface area contributed by atoms with Gasteiger partial charge < -0.3 is 9.67 Å². The molecule has 0 amide bonds. The predicted octanol–water partition coefficient (Wildman–Crippen LogP) is 3.96. The van der Waals surface area contributed by atoms with Gasteiger partial charge in [-0.25, -0.2) is 4.98 Å². The van der Waals surface area contributed by atoms with Crippen LogP contribution in [0.4, 0.5) is 0 Å². The Kier molecular flexibility index (Phi) is 7.28. The van der Waals surface area contributed by atoms with Crippen LogP contribution in [0.2, 0.25) is 5.02 Å². The number of imidazole rings is 1. The lowest BCUT2D eigenvalue weighted by atomic mass is 10.3. The Bertz CT molecular complexity index is 513. The molecule has 5 heteroatoms. The summed E-state index contributed by atoms with van der Waals surface area (Å²) in [6.07, 6.45) is 3.17. The van der Waals surface area contributed by atoms with Crippen molar-refractivity contribution < 1.29 is 5.11 Å². The van der Waals surface area contributed by atoms with Crippen LogP contribution in [-0.2, 0) is 13.2 Å². The molecule has 0 aliphatic rings. The molecule has 0 spiro atoms. The summed E-state index contributed by atoms with van der Waals surface area (Å²) in [6.45, 7) is 4.85. The zero-order chi connectivity index (χ0) is 14.3. The van der Waals surface area contributed by atoms with Crippen LogP contribution in [0.15, 0.2) is 18.2 Å². The second-order valence-electron chi connectivity index (χ2n) is 3.82. The number of aliphatic hydroxyl groups excluding tert-OH is 1. The van der Waals surface area contributed by atoms with Crippen LogP contribution in [0.3, 0.4) is 0 Å². The Balaban J connectivity index is 0.000000861. The molecule has 0 aliphatic carbocycles. The molecule has 106 valence electrons. The van der Waals surface area contributed by atoms with Gasteiger partial charge in [-0.3, -0.25) is 0 Å². The zero-order valence-corrected chi connectivity index (χ0v) is 13.3. The molecule has 0 atom stereocenters. The molecule has 0 unspecified atom stereocenters. The lowest BCUT2D eigenvalue weighted by Crippen LogP contribution is -2.04. The number of rotatable bonds is 5. The van der Waals surface area contributed by atoms with E-state index in [0.717, 1.165) is 29.8 Å². The van der Waals surface area contributed by atoms with Gasteiger partial charge in [-0.15, -0.1) is 0 Å². The molecule has 0 saturated carbocycles. The summed E-state index contributed by atoms with van der Waals surface area (Å²) in [5.74, 6) is 1.82. The third kappa shape index (κ3) is 4.13. The average molecular weight is 301 g/mol. The van der Waals surface area contributed by atoms with E-state index < -0.39 is 0 Å². The molecule has 0 aliphatic heterocycles. The fourth-order valence-corrected chi connectivity index (χ4v) is 2.47. The zero-order valence-electron chi connectivity index (χ0n) is 11.7. The van der Waals surface area contributed by atoms with Gasteiger partial charge in [0, 0.05) is 11.6 Å². The molecule has 0 radical (unpaired) electrons. The highest BCUT2D eigenvalue weighted by atomic mass is 35.5. The molecular weight excluding hydrogens is 280 g/mol. The molecule has 19 heavy (non-hydrogen) atoms. The lowest BCUT2D eigenvalue weighted by molar-refractivity contribution is 0.266. The quantitative estimate of drug-likeness (QED) is 0.849. The number of thioether (sulfide) groups is 1. The smallest absolute Gasteiger partial charge is 0.135 e. The molecule has 2 aromatic rings. The van der Waals surface area contributed by atoms with Gasteiger partial charge in [0.15, 0.2) is 0 Å². The number of hydrogen-bond acceptors (Lipinski definition) is 3. The SMILES string of the molecule is CC.CSCCCn1c(CO)nc2cc(Cl)ccc21. The molecule has 1 aromatic carbocycles. The predicted molar refractivity (Wildman–Crippen MR) is 85.0 cm³/mol. The van der Waals surface area contributed by atoms with E-state index in [2.05, 4.69) is 15.8 Å². The number of benzene rings is 1. The van der Waals surface area contributed by atoms with Crippen molar-refractivity contribution in [3.8, 4) is 0 Å². The van der Waals surface area contributed by atoms with Crippen molar-refractivity contribution in [1.29, 1.82) is 0 Å². The van der Waals surface area contributed by atoms with Crippen molar-refractivity contribution in [2.45, 2.75) is 33.4 Å². The Morgan fingerprint density at radius 1 is 1.37 bits per heavy atom. The number of hydrogen-bond donors (Lipinski definition) is 1. The molecule has 0 saturated heterocycles. The number of aliphatic hydroxyl groups is 1. The highest BCUT2D eigenvalue weighted by molar-refractivity contribution is 7.98. The van der Waals surface area contributed by atoms with Crippen molar-refractivity contribution in [2.75, 3.05) is 12.0 Å². The summed E-state index contributed by atoms with van der Waals surface area (Å²) in [6, 6.07) is 5.65. The molecule has 1 aromatic heterocycles. The van der Waals surface area contributed by atoms with Gasteiger partial charge in [-0.05, 0) is 36.6 Å². The normalized spacial score (nSPS) is 10.4. The Hall–Kier alpha value is -0.710. The highest BCUT2D eigenvalue weighted by Crippen LogP contribution is 2.21. The van der Waals surface area contributed by atoms with E-state index >= 15 is 0 Å². The van der Waals surface area contributed by atoms with Crippen LogP contribution < -0.4 is 0 Å². The maximum absolute atomic E-state index is 9.32. The van der Waals surface area contributed by atoms with Gasteiger partial charge >= 0.3 is 0 Å². The van der Waals surface area contributed by atoms with Crippen molar-refractivity contribution >= 4 is 34.4 Å². The first kappa shape index (κ1) is 16.3. The van der Waals surface area contributed by atoms with Crippen LogP contribution in [-0.4, -0.2) is 26.7 Å². The van der Waals surface area contributed by atoms with E-state index in [1.54, 1.807) is 0 Å². The molecule has 3 nitrogen and oxygen atoms in total. The molecule has 2 rings (SSSR count). The first-order chi connectivity index (χ1) is 9.26. The van der Waals surface area contributed by atoms with Crippen LogP contribution >= 0.6 is 23.4 Å². The van der Waals surface area contributed by atoms with Crippen LogP contribution in [0.5, 0.6) is 0 Å². The largest absolute Gasteiger partial charge is 0.388 e. The Labute approximate surface area is 124 Å². The molecule has 0 bridgehead atoms. The van der Waals surface area contributed by atoms with Gasteiger partial charge in [0.05, 0.1) is 11.0 Å². The number of nitrogens with zero attached hydrogens (tertiary/aromatic N) is 2. The fraction of sp³-hybridized carbons (Fsp3) is 0.500. The third-order valence-corrected chi connectivity index (χ3v) is 3.59. The average Bonchev–Trinajstić information content (AvgIpc) is 2.78. The van der Waals surface area contributed by atoms with Gasteiger partial charge in [0.2, 0.25) is 0 Å². The van der Waals surface area contributed by atoms with Gasteiger partial charge in [-0.2, -0.15) is 11.8 Å². The standard InChI is InChI=1S/C12H15ClN2OS.C2H6/c1-17-6-2-5-15-11-4-3-9(13)7-10(11)14-12(15)8-16;1-2/h3-4,7,16H,2,5-6,8H2,1H3;1-2H3.